The summed E-state index contributed by atoms with van der Waals surface area (Å²) in [5.41, 5.74) is 1.22. The van der Waals surface area contributed by atoms with Crippen LogP contribution in [0.2, 0.25) is 0 Å². The summed E-state index contributed by atoms with van der Waals surface area (Å²) in [6.07, 6.45) is 0.304. The number of ether oxygens (including phenoxy) is 2. The van der Waals surface area contributed by atoms with Gasteiger partial charge in [0.25, 0.3) is 0 Å². The van der Waals surface area contributed by atoms with Crippen LogP contribution in [0.3, 0.4) is 0 Å². The fourth-order valence-corrected chi connectivity index (χ4v) is 2.36. The summed E-state index contributed by atoms with van der Waals surface area (Å²) in [5.74, 6) is 0.855. The third kappa shape index (κ3) is 2.56. The molecule has 1 N–H and O–H groups in total. The summed E-state index contributed by atoms with van der Waals surface area (Å²) in [6.45, 7) is 3.70. The first-order chi connectivity index (χ1) is 7.70. The predicted octanol–water partition coefficient (Wildman–Crippen LogP) is 2.51. The molecule has 0 aromatic heterocycles. The van der Waals surface area contributed by atoms with Crippen molar-refractivity contribution in [2.45, 2.75) is 19.1 Å². The Morgan fingerprint density at radius 3 is 2.88 bits per heavy atom. The molecule has 1 aromatic rings. The Labute approximate surface area is 104 Å². The van der Waals surface area contributed by atoms with Gasteiger partial charge in [-0.1, -0.05) is 6.07 Å². The number of halogens is 1. The maximum atomic E-state index is 5.63. The lowest BCUT2D eigenvalue weighted by atomic mass is 10.1. The Balaban J connectivity index is 2.12. The van der Waals surface area contributed by atoms with Crippen molar-refractivity contribution in [3.05, 3.63) is 28.2 Å². The quantitative estimate of drug-likeness (QED) is 0.906. The molecule has 0 bridgehead atoms. The molecule has 2 rings (SSSR count). The van der Waals surface area contributed by atoms with Crippen molar-refractivity contribution in [3.8, 4) is 5.75 Å². The normalized spacial score (nSPS) is 25.4. The second-order valence-electron chi connectivity index (χ2n) is 4.00. The van der Waals surface area contributed by atoms with Crippen LogP contribution in [-0.4, -0.2) is 26.4 Å². The van der Waals surface area contributed by atoms with Gasteiger partial charge >= 0.3 is 0 Å². The van der Waals surface area contributed by atoms with Crippen LogP contribution in [0.15, 0.2) is 22.7 Å². The van der Waals surface area contributed by atoms with E-state index >= 15 is 0 Å². The van der Waals surface area contributed by atoms with E-state index in [1.807, 2.05) is 6.07 Å². The molecule has 1 aliphatic heterocycles. The molecule has 4 heteroatoms. The van der Waals surface area contributed by atoms with Crippen molar-refractivity contribution >= 4 is 15.9 Å². The Morgan fingerprint density at radius 2 is 2.31 bits per heavy atom. The Kier molecular flexibility index (Phi) is 3.84. The van der Waals surface area contributed by atoms with E-state index in [9.17, 15) is 0 Å². The van der Waals surface area contributed by atoms with Crippen LogP contribution in [0.25, 0.3) is 0 Å². The molecule has 0 amide bonds. The van der Waals surface area contributed by atoms with Crippen molar-refractivity contribution in [3.63, 3.8) is 0 Å². The molecule has 1 aromatic carbocycles. The zero-order chi connectivity index (χ0) is 11.5. The average molecular weight is 286 g/mol. The molecule has 3 nitrogen and oxygen atoms in total. The number of morpholine rings is 1. The highest BCUT2D eigenvalue weighted by Gasteiger charge is 2.19. The van der Waals surface area contributed by atoms with Crippen molar-refractivity contribution in [1.29, 1.82) is 0 Å². The molecule has 88 valence electrons. The summed E-state index contributed by atoms with van der Waals surface area (Å²) >= 11 is 3.49. The van der Waals surface area contributed by atoms with E-state index in [4.69, 9.17) is 9.47 Å². The minimum absolute atomic E-state index is 0.276. The van der Waals surface area contributed by atoms with Gasteiger partial charge in [-0.15, -0.1) is 0 Å². The highest BCUT2D eigenvalue weighted by molar-refractivity contribution is 9.10. The highest BCUT2D eigenvalue weighted by Crippen LogP contribution is 2.28. The minimum atomic E-state index is 0.276. The number of benzene rings is 1. The molecule has 2 unspecified atom stereocenters. The minimum Gasteiger partial charge on any atom is -0.496 e. The van der Waals surface area contributed by atoms with E-state index < -0.39 is 0 Å². The molecule has 1 fully saturated rings. The predicted molar refractivity (Wildman–Crippen MR) is 66.9 cm³/mol. The molecular formula is C12H16BrNO2. The fraction of sp³-hybridized carbons (Fsp3) is 0.500. The summed E-state index contributed by atoms with van der Waals surface area (Å²) in [4.78, 5) is 0. The van der Waals surface area contributed by atoms with Gasteiger partial charge in [-0.3, -0.25) is 0 Å². The van der Waals surface area contributed by atoms with Gasteiger partial charge in [-0.25, -0.2) is 0 Å². The molecule has 0 aliphatic carbocycles. The topological polar surface area (TPSA) is 30.5 Å². The van der Waals surface area contributed by atoms with Gasteiger partial charge < -0.3 is 14.8 Å². The Morgan fingerprint density at radius 1 is 1.50 bits per heavy atom. The zero-order valence-corrected chi connectivity index (χ0v) is 11.1. The first-order valence-electron chi connectivity index (χ1n) is 5.39. The molecule has 1 aliphatic rings. The van der Waals surface area contributed by atoms with Crippen molar-refractivity contribution in [1.82, 2.24) is 5.32 Å². The number of hydrogen-bond acceptors (Lipinski definition) is 3. The van der Waals surface area contributed by atoms with Crippen LogP contribution >= 0.6 is 15.9 Å². The van der Waals surface area contributed by atoms with Crippen LogP contribution in [-0.2, 0) is 4.74 Å². The van der Waals surface area contributed by atoms with E-state index in [1.54, 1.807) is 7.11 Å². The van der Waals surface area contributed by atoms with Gasteiger partial charge in [0.2, 0.25) is 0 Å². The van der Waals surface area contributed by atoms with Gasteiger partial charge in [-0.2, -0.15) is 0 Å². The van der Waals surface area contributed by atoms with Crippen LogP contribution in [0, 0.1) is 0 Å². The van der Waals surface area contributed by atoms with Crippen LogP contribution < -0.4 is 10.1 Å². The van der Waals surface area contributed by atoms with E-state index in [1.165, 1.54) is 5.56 Å². The van der Waals surface area contributed by atoms with E-state index in [-0.39, 0.29) is 6.04 Å². The SMILES string of the molecule is COc1ccc(C2COC(C)CN2)cc1Br. The van der Waals surface area contributed by atoms with Gasteiger partial charge in [0.05, 0.1) is 30.3 Å². The first-order valence-corrected chi connectivity index (χ1v) is 6.18. The molecule has 0 radical (unpaired) electrons. The molecular weight excluding hydrogens is 270 g/mol. The summed E-state index contributed by atoms with van der Waals surface area (Å²) < 4.78 is 11.8. The molecule has 1 saturated heterocycles. The molecule has 1 heterocycles. The summed E-state index contributed by atoms with van der Waals surface area (Å²) in [5, 5.41) is 3.46. The largest absolute Gasteiger partial charge is 0.496 e. The van der Waals surface area contributed by atoms with E-state index in [2.05, 4.69) is 40.3 Å². The van der Waals surface area contributed by atoms with Gasteiger partial charge in [0.1, 0.15) is 5.75 Å². The van der Waals surface area contributed by atoms with Crippen molar-refractivity contribution in [2.75, 3.05) is 20.3 Å². The first kappa shape index (κ1) is 11.9. The number of hydrogen-bond donors (Lipinski definition) is 1. The number of rotatable bonds is 2. The second-order valence-corrected chi connectivity index (χ2v) is 4.85. The van der Waals surface area contributed by atoms with Crippen molar-refractivity contribution in [2.24, 2.45) is 0 Å². The van der Waals surface area contributed by atoms with E-state index in [0.717, 1.165) is 23.4 Å². The lowest BCUT2D eigenvalue weighted by Crippen LogP contribution is -2.39. The smallest absolute Gasteiger partial charge is 0.133 e. The maximum absolute atomic E-state index is 5.63. The Hall–Kier alpha value is -0.580. The Bertz CT molecular complexity index is 362. The molecule has 0 spiro atoms. The standard InChI is InChI=1S/C12H16BrNO2/c1-8-6-14-11(7-16-8)9-3-4-12(15-2)10(13)5-9/h3-5,8,11,14H,6-7H2,1-2H3. The number of nitrogens with one attached hydrogen (secondary N) is 1. The zero-order valence-electron chi connectivity index (χ0n) is 9.50. The number of methoxy groups -OCH3 is 1. The van der Waals surface area contributed by atoms with Crippen LogP contribution in [0.5, 0.6) is 5.75 Å². The fourth-order valence-electron chi connectivity index (χ4n) is 1.80. The second kappa shape index (κ2) is 5.17. The summed E-state index contributed by atoms with van der Waals surface area (Å²) in [7, 11) is 1.67. The molecule has 0 saturated carbocycles. The van der Waals surface area contributed by atoms with Gasteiger partial charge in [0, 0.05) is 6.54 Å². The van der Waals surface area contributed by atoms with Crippen LogP contribution in [0.4, 0.5) is 0 Å². The van der Waals surface area contributed by atoms with Gasteiger partial charge in [0.15, 0.2) is 0 Å². The molecule has 2 atom stereocenters. The monoisotopic (exact) mass is 285 g/mol. The van der Waals surface area contributed by atoms with E-state index in [0.29, 0.717) is 6.10 Å². The maximum Gasteiger partial charge on any atom is 0.133 e. The lowest BCUT2D eigenvalue weighted by molar-refractivity contribution is 0.0149. The molecule has 16 heavy (non-hydrogen) atoms. The third-order valence-electron chi connectivity index (χ3n) is 2.78. The third-order valence-corrected chi connectivity index (χ3v) is 3.40. The van der Waals surface area contributed by atoms with Crippen LogP contribution in [0.1, 0.15) is 18.5 Å². The summed E-state index contributed by atoms with van der Waals surface area (Å²) in [6, 6.07) is 6.40. The lowest BCUT2D eigenvalue weighted by Gasteiger charge is -2.28. The highest BCUT2D eigenvalue weighted by atomic mass is 79.9. The van der Waals surface area contributed by atoms with Crippen molar-refractivity contribution < 1.29 is 9.47 Å². The average Bonchev–Trinajstić information content (AvgIpc) is 2.30. The van der Waals surface area contributed by atoms with Gasteiger partial charge in [-0.05, 0) is 40.5 Å².